The van der Waals surface area contributed by atoms with Crippen molar-refractivity contribution < 1.29 is 0 Å². The summed E-state index contributed by atoms with van der Waals surface area (Å²) in [6.45, 7) is 1.11. The summed E-state index contributed by atoms with van der Waals surface area (Å²) in [6, 6.07) is 0. The summed E-state index contributed by atoms with van der Waals surface area (Å²) >= 11 is 0. The van der Waals surface area contributed by atoms with Gasteiger partial charge in [-0.25, -0.2) is 9.48 Å². The number of nitrogens with zero attached hydrogens (tertiary/aromatic N) is 2. The van der Waals surface area contributed by atoms with Gasteiger partial charge in [-0.3, -0.25) is 4.98 Å². The molecule has 3 N–H and O–H groups in total. The van der Waals surface area contributed by atoms with Gasteiger partial charge in [0.25, 0.3) is 0 Å². The normalized spacial score (nSPS) is 39.9. The molecule has 104 valence electrons. The zero-order chi connectivity index (χ0) is 13.0. The first-order valence-corrected chi connectivity index (χ1v) is 7.52. The first kappa shape index (κ1) is 11.7. The molecule has 1 heterocycles. The van der Waals surface area contributed by atoms with Crippen molar-refractivity contribution in [1.82, 2.24) is 14.8 Å². The highest BCUT2D eigenvalue weighted by molar-refractivity contribution is 5.01. The van der Waals surface area contributed by atoms with Crippen LogP contribution in [0.3, 0.4) is 0 Å². The fourth-order valence-corrected chi connectivity index (χ4v) is 5.40. The van der Waals surface area contributed by atoms with Gasteiger partial charge in [-0.15, -0.1) is 0 Å². The summed E-state index contributed by atoms with van der Waals surface area (Å²) in [5.74, 6) is 3.34. The van der Waals surface area contributed by atoms with Crippen molar-refractivity contribution in [3.63, 3.8) is 0 Å². The molecule has 0 aromatic carbocycles. The molecule has 1 aromatic rings. The topological polar surface area (TPSA) is 76.7 Å². The molecule has 1 aromatic heterocycles. The van der Waals surface area contributed by atoms with E-state index in [2.05, 4.69) is 10.1 Å². The largest absolute Gasteiger partial charge is 0.343 e. The number of H-pyrrole nitrogens is 1. The van der Waals surface area contributed by atoms with Crippen molar-refractivity contribution in [3.8, 4) is 0 Å². The van der Waals surface area contributed by atoms with Crippen LogP contribution in [0.1, 0.15) is 44.3 Å². The molecule has 5 rings (SSSR count). The number of hydrogen-bond donors (Lipinski definition) is 2. The smallest absolute Gasteiger partial charge is 0.324 e. The van der Waals surface area contributed by atoms with Crippen LogP contribution in [0.5, 0.6) is 0 Å². The highest BCUT2D eigenvalue weighted by Crippen LogP contribution is 2.60. The maximum Gasteiger partial charge on any atom is 0.343 e. The van der Waals surface area contributed by atoms with Crippen LogP contribution in [0.2, 0.25) is 0 Å². The Morgan fingerprint density at radius 1 is 1.21 bits per heavy atom. The first-order chi connectivity index (χ1) is 9.16. The lowest BCUT2D eigenvalue weighted by molar-refractivity contribution is -0.0640. The van der Waals surface area contributed by atoms with E-state index in [1.54, 1.807) is 4.68 Å². The van der Waals surface area contributed by atoms with Gasteiger partial charge in [-0.1, -0.05) is 0 Å². The molecular weight excluding hydrogens is 240 g/mol. The highest BCUT2D eigenvalue weighted by atomic mass is 16.1. The van der Waals surface area contributed by atoms with Gasteiger partial charge in [0, 0.05) is 0 Å². The molecule has 0 spiro atoms. The molecule has 4 fully saturated rings. The van der Waals surface area contributed by atoms with Crippen LogP contribution in [0.15, 0.2) is 4.79 Å². The van der Waals surface area contributed by atoms with E-state index in [0.29, 0.717) is 17.8 Å². The minimum absolute atomic E-state index is 0.0869. The summed E-state index contributed by atoms with van der Waals surface area (Å²) in [5, 5.41) is 4.33. The average molecular weight is 262 g/mol. The lowest BCUT2D eigenvalue weighted by Gasteiger charge is -2.56. The fourth-order valence-electron chi connectivity index (χ4n) is 5.40. The Morgan fingerprint density at radius 2 is 1.79 bits per heavy atom. The van der Waals surface area contributed by atoms with E-state index in [9.17, 15) is 4.79 Å². The average Bonchev–Trinajstić information content (AvgIpc) is 2.67. The van der Waals surface area contributed by atoms with Crippen molar-refractivity contribution in [2.45, 2.75) is 51.6 Å². The van der Waals surface area contributed by atoms with Gasteiger partial charge in [-0.2, -0.15) is 5.10 Å². The van der Waals surface area contributed by atoms with Crippen molar-refractivity contribution >= 4 is 0 Å². The number of nitrogens with two attached hydrogens (primary N) is 1. The van der Waals surface area contributed by atoms with Gasteiger partial charge in [0.2, 0.25) is 0 Å². The minimum atomic E-state index is -0.0869. The maximum absolute atomic E-state index is 11.9. The van der Waals surface area contributed by atoms with Crippen LogP contribution in [-0.4, -0.2) is 14.8 Å². The SMILES string of the molecule is NCc1nn(CC23CC4CC(CC(C4)C2)C3)c(=O)[nH]1. The molecule has 0 radical (unpaired) electrons. The molecule has 4 saturated carbocycles. The minimum Gasteiger partial charge on any atom is -0.324 e. The molecular formula is C14H22N4O. The summed E-state index contributed by atoms with van der Waals surface area (Å²) in [4.78, 5) is 14.7. The fraction of sp³-hybridized carbons (Fsp3) is 0.857. The Bertz CT molecular complexity index is 509. The highest BCUT2D eigenvalue weighted by Gasteiger charge is 2.51. The van der Waals surface area contributed by atoms with Gasteiger partial charge < -0.3 is 5.73 Å². The van der Waals surface area contributed by atoms with E-state index in [-0.39, 0.29) is 5.69 Å². The summed E-state index contributed by atoms with van der Waals surface area (Å²) < 4.78 is 1.63. The third-order valence-corrected chi connectivity index (χ3v) is 5.57. The standard InChI is InChI=1S/C14H22N4O/c15-7-12-16-13(19)18(17-12)8-14-4-9-1-10(5-14)3-11(2-9)6-14/h9-11H,1-8,15H2,(H,16,17,19). The lowest BCUT2D eigenvalue weighted by atomic mass is 9.49. The van der Waals surface area contributed by atoms with Crippen molar-refractivity contribution in [2.24, 2.45) is 28.9 Å². The second-order valence-corrected chi connectivity index (χ2v) is 7.16. The van der Waals surface area contributed by atoms with Crippen LogP contribution < -0.4 is 11.4 Å². The molecule has 0 unspecified atom stereocenters. The second kappa shape index (κ2) is 3.95. The lowest BCUT2D eigenvalue weighted by Crippen LogP contribution is -2.48. The Labute approximate surface area is 112 Å². The molecule has 5 heteroatoms. The monoisotopic (exact) mass is 262 g/mol. The van der Waals surface area contributed by atoms with Crippen molar-refractivity contribution in [1.29, 1.82) is 0 Å². The molecule has 4 aliphatic rings. The molecule has 0 amide bonds. The van der Waals surface area contributed by atoms with Crippen LogP contribution in [0, 0.1) is 23.2 Å². The molecule has 4 bridgehead atoms. The third kappa shape index (κ3) is 1.86. The molecule has 5 nitrogen and oxygen atoms in total. The number of hydrogen-bond acceptors (Lipinski definition) is 3. The van der Waals surface area contributed by atoms with E-state index in [0.717, 1.165) is 24.3 Å². The van der Waals surface area contributed by atoms with Gasteiger partial charge >= 0.3 is 5.69 Å². The van der Waals surface area contributed by atoms with Gasteiger partial charge in [0.15, 0.2) is 0 Å². The van der Waals surface area contributed by atoms with E-state index in [1.165, 1.54) is 38.5 Å². The number of aromatic nitrogens is 3. The summed E-state index contributed by atoms with van der Waals surface area (Å²) in [7, 11) is 0. The maximum atomic E-state index is 11.9. The number of rotatable bonds is 3. The molecule has 19 heavy (non-hydrogen) atoms. The second-order valence-electron chi connectivity index (χ2n) is 7.16. The predicted molar refractivity (Wildman–Crippen MR) is 71.3 cm³/mol. The van der Waals surface area contributed by atoms with E-state index < -0.39 is 0 Å². The van der Waals surface area contributed by atoms with Gasteiger partial charge in [0.1, 0.15) is 5.82 Å². The molecule has 0 saturated heterocycles. The zero-order valence-electron chi connectivity index (χ0n) is 11.3. The van der Waals surface area contributed by atoms with E-state index >= 15 is 0 Å². The van der Waals surface area contributed by atoms with Crippen LogP contribution in [0.25, 0.3) is 0 Å². The zero-order valence-corrected chi connectivity index (χ0v) is 11.3. The van der Waals surface area contributed by atoms with Crippen LogP contribution in [0.4, 0.5) is 0 Å². The van der Waals surface area contributed by atoms with Crippen LogP contribution in [-0.2, 0) is 13.1 Å². The quantitative estimate of drug-likeness (QED) is 0.860. The van der Waals surface area contributed by atoms with Crippen molar-refractivity contribution in [3.05, 3.63) is 16.3 Å². The first-order valence-electron chi connectivity index (χ1n) is 7.52. The third-order valence-electron chi connectivity index (χ3n) is 5.57. The van der Waals surface area contributed by atoms with Crippen molar-refractivity contribution in [2.75, 3.05) is 0 Å². The predicted octanol–water partition coefficient (Wildman–Crippen LogP) is 1.25. The van der Waals surface area contributed by atoms with E-state index in [4.69, 9.17) is 5.73 Å². The Morgan fingerprint density at radius 3 is 2.26 bits per heavy atom. The van der Waals surface area contributed by atoms with Gasteiger partial charge in [-0.05, 0) is 61.7 Å². The van der Waals surface area contributed by atoms with Gasteiger partial charge in [0.05, 0.1) is 13.1 Å². The Kier molecular flexibility index (Phi) is 2.43. The molecule has 0 atom stereocenters. The summed E-state index contributed by atoms with van der Waals surface area (Å²) in [5.41, 5.74) is 5.81. The Hall–Kier alpha value is -1.10. The molecule has 0 aliphatic heterocycles. The Balaban J connectivity index is 1.62. The van der Waals surface area contributed by atoms with Crippen LogP contribution >= 0.6 is 0 Å². The summed E-state index contributed by atoms with van der Waals surface area (Å²) in [6.07, 6.45) is 8.21. The number of nitrogens with one attached hydrogen (secondary N) is 1. The number of aromatic amines is 1. The molecule has 4 aliphatic carbocycles. The van der Waals surface area contributed by atoms with E-state index in [1.807, 2.05) is 0 Å².